The number of hydrogen-bond donors (Lipinski definition) is 0. The van der Waals surface area contributed by atoms with E-state index in [-0.39, 0.29) is 6.67 Å². The van der Waals surface area contributed by atoms with Crippen LogP contribution in [0.2, 0.25) is 0 Å². The van der Waals surface area contributed by atoms with Crippen molar-refractivity contribution in [3.05, 3.63) is 84.2 Å². The van der Waals surface area contributed by atoms with Crippen LogP contribution in [0, 0.1) is 11.8 Å². The Balaban J connectivity index is 1.59. The van der Waals surface area contributed by atoms with Crippen molar-refractivity contribution >= 4 is 22.8 Å². The number of anilines is 1. The maximum atomic E-state index is 12.9. The smallest absolute Gasteiger partial charge is 0.421 e. The van der Waals surface area contributed by atoms with Crippen molar-refractivity contribution in [2.45, 2.75) is 26.4 Å². The molecule has 0 atom stereocenters. The molecule has 0 spiro atoms. The lowest BCUT2D eigenvalue weighted by Crippen LogP contribution is -2.27. The lowest BCUT2D eigenvalue weighted by Gasteiger charge is -2.20. The van der Waals surface area contributed by atoms with Crippen LogP contribution in [0.5, 0.6) is 0 Å². The van der Waals surface area contributed by atoms with Gasteiger partial charge >= 0.3 is 6.09 Å². The van der Waals surface area contributed by atoms with Gasteiger partial charge in [0.15, 0.2) is 5.65 Å². The number of halogens is 1. The minimum Gasteiger partial charge on any atom is -0.443 e. The van der Waals surface area contributed by atoms with Crippen LogP contribution in [-0.4, -0.2) is 41.5 Å². The molecular formula is C29H28FN3O2. The van der Waals surface area contributed by atoms with Crippen molar-refractivity contribution in [2.75, 3.05) is 25.2 Å². The number of carbonyl (C=O) groups is 1. The van der Waals surface area contributed by atoms with Gasteiger partial charge in [0.25, 0.3) is 0 Å². The van der Waals surface area contributed by atoms with Gasteiger partial charge in [-0.1, -0.05) is 30.2 Å². The molecule has 0 fully saturated rings. The largest absolute Gasteiger partial charge is 0.443 e. The molecule has 178 valence electrons. The summed E-state index contributed by atoms with van der Waals surface area (Å²) in [7, 11) is 1.88. The average Bonchev–Trinajstić information content (AvgIpc) is 3.21. The predicted octanol–water partition coefficient (Wildman–Crippen LogP) is 6.29. The first-order chi connectivity index (χ1) is 16.7. The highest BCUT2D eigenvalue weighted by Gasteiger charge is 2.22. The first kappa shape index (κ1) is 24.0. The van der Waals surface area contributed by atoms with E-state index >= 15 is 0 Å². The van der Waals surface area contributed by atoms with Gasteiger partial charge in [-0.15, -0.1) is 0 Å². The van der Waals surface area contributed by atoms with Crippen molar-refractivity contribution in [2.24, 2.45) is 0 Å². The van der Waals surface area contributed by atoms with Crippen LogP contribution < -0.4 is 4.90 Å². The Kier molecular flexibility index (Phi) is 6.88. The SMILES string of the molecule is CN(CCF)c1ccc(-c2ccc(C#Cc3cc4cccnc4n3C(=O)OC(C)(C)C)cc2)cc1. The second-order valence-electron chi connectivity index (χ2n) is 9.25. The molecule has 0 amide bonds. The molecule has 0 N–H and O–H groups in total. The summed E-state index contributed by atoms with van der Waals surface area (Å²) in [6.45, 7) is 5.47. The van der Waals surface area contributed by atoms with Crippen LogP contribution in [0.1, 0.15) is 32.0 Å². The van der Waals surface area contributed by atoms with Crippen LogP contribution in [-0.2, 0) is 4.74 Å². The predicted molar refractivity (Wildman–Crippen MR) is 138 cm³/mol. The van der Waals surface area contributed by atoms with Crippen LogP contribution >= 0.6 is 0 Å². The zero-order chi connectivity index (χ0) is 25.0. The number of carbonyl (C=O) groups excluding carboxylic acids is 1. The van der Waals surface area contributed by atoms with Gasteiger partial charge in [-0.25, -0.2) is 18.7 Å². The summed E-state index contributed by atoms with van der Waals surface area (Å²) in [5, 5.41) is 0.818. The Bertz CT molecular complexity index is 1390. The van der Waals surface area contributed by atoms with Crippen molar-refractivity contribution in [1.29, 1.82) is 0 Å². The second-order valence-corrected chi connectivity index (χ2v) is 9.25. The van der Waals surface area contributed by atoms with E-state index in [4.69, 9.17) is 4.74 Å². The van der Waals surface area contributed by atoms with Crippen molar-refractivity contribution in [3.8, 4) is 23.0 Å². The molecule has 2 aromatic carbocycles. The Labute approximate surface area is 205 Å². The molecular weight excluding hydrogens is 441 g/mol. The number of benzene rings is 2. The molecule has 4 aromatic rings. The first-order valence-electron chi connectivity index (χ1n) is 11.4. The molecule has 0 bridgehead atoms. The van der Waals surface area contributed by atoms with Gasteiger partial charge in [-0.05, 0) is 80.3 Å². The topological polar surface area (TPSA) is 47.4 Å². The van der Waals surface area contributed by atoms with Crippen LogP contribution in [0.3, 0.4) is 0 Å². The van der Waals surface area contributed by atoms with Crippen molar-refractivity contribution < 1.29 is 13.9 Å². The Morgan fingerprint density at radius 1 is 1.03 bits per heavy atom. The van der Waals surface area contributed by atoms with Crippen LogP contribution in [0.25, 0.3) is 22.2 Å². The quantitative estimate of drug-likeness (QED) is 0.330. The fourth-order valence-corrected chi connectivity index (χ4v) is 3.67. The third-order valence-electron chi connectivity index (χ3n) is 5.42. The number of rotatable bonds is 4. The highest BCUT2D eigenvalue weighted by Crippen LogP contribution is 2.24. The normalized spacial score (nSPS) is 11.1. The summed E-state index contributed by atoms with van der Waals surface area (Å²) in [5.74, 6) is 6.26. The van der Waals surface area contributed by atoms with E-state index in [2.05, 4.69) is 16.8 Å². The van der Waals surface area contributed by atoms with Crippen molar-refractivity contribution in [1.82, 2.24) is 9.55 Å². The van der Waals surface area contributed by atoms with Gasteiger partial charge in [0.1, 0.15) is 18.0 Å². The number of fused-ring (bicyclic) bond motifs is 1. The highest BCUT2D eigenvalue weighted by molar-refractivity contribution is 5.89. The zero-order valence-corrected chi connectivity index (χ0v) is 20.4. The standard InChI is InChI=1S/C29H28FN3O2/c1-29(2,3)35-28(34)33-26(20-24-6-5-18-31-27(24)33)14-9-21-7-10-22(11-8-21)23-12-15-25(16-13-23)32(4)19-17-30/h5-8,10-13,15-16,18,20H,17,19H2,1-4H3. The molecule has 4 rings (SSSR count). The number of pyridine rings is 1. The lowest BCUT2D eigenvalue weighted by molar-refractivity contribution is 0.0542. The molecule has 6 heteroatoms. The van der Waals surface area contributed by atoms with Gasteiger partial charge in [-0.3, -0.25) is 0 Å². The summed E-state index contributed by atoms with van der Waals surface area (Å²) in [6.07, 6.45) is 1.14. The van der Waals surface area contributed by atoms with E-state index in [1.165, 1.54) is 4.57 Å². The number of ether oxygens (including phenoxy) is 1. The average molecular weight is 470 g/mol. The first-order valence-corrected chi connectivity index (χ1v) is 11.4. The molecule has 35 heavy (non-hydrogen) atoms. The maximum absolute atomic E-state index is 12.9. The third kappa shape index (κ3) is 5.70. The highest BCUT2D eigenvalue weighted by atomic mass is 19.1. The van der Waals surface area contributed by atoms with E-state index in [1.54, 1.807) is 6.20 Å². The van der Waals surface area contributed by atoms with E-state index in [1.807, 2.05) is 99.4 Å². The summed E-state index contributed by atoms with van der Waals surface area (Å²) in [4.78, 5) is 19.1. The van der Waals surface area contributed by atoms with Gasteiger partial charge in [-0.2, -0.15) is 0 Å². The van der Waals surface area contributed by atoms with Gasteiger partial charge in [0.05, 0.1) is 0 Å². The van der Waals surface area contributed by atoms with E-state index in [9.17, 15) is 9.18 Å². The minimum absolute atomic E-state index is 0.371. The summed E-state index contributed by atoms with van der Waals surface area (Å²) < 4.78 is 19.6. The van der Waals surface area contributed by atoms with Gasteiger partial charge < -0.3 is 9.64 Å². The van der Waals surface area contributed by atoms with Crippen LogP contribution in [0.4, 0.5) is 14.9 Å². The van der Waals surface area contributed by atoms with Gasteiger partial charge in [0, 0.05) is 36.4 Å². The Hall–Kier alpha value is -4.11. The number of nitrogens with zero attached hydrogens (tertiary/aromatic N) is 3. The van der Waals surface area contributed by atoms with Gasteiger partial charge in [0.2, 0.25) is 0 Å². The van der Waals surface area contributed by atoms with E-state index in [0.717, 1.165) is 27.8 Å². The summed E-state index contributed by atoms with van der Waals surface area (Å²) in [5.41, 5.74) is 4.32. The Morgan fingerprint density at radius 3 is 2.31 bits per heavy atom. The number of hydrogen-bond acceptors (Lipinski definition) is 4. The van der Waals surface area contributed by atoms with Crippen molar-refractivity contribution in [3.63, 3.8) is 0 Å². The lowest BCUT2D eigenvalue weighted by atomic mass is 10.0. The summed E-state index contributed by atoms with van der Waals surface area (Å²) >= 11 is 0. The molecule has 5 nitrogen and oxygen atoms in total. The Morgan fingerprint density at radius 2 is 1.69 bits per heavy atom. The van der Waals surface area contributed by atoms with Crippen LogP contribution in [0.15, 0.2) is 72.9 Å². The molecule has 0 radical (unpaired) electrons. The second kappa shape index (κ2) is 10.0. The fourth-order valence-electron chi connectivity index (χ4n) is 3.67. The molecule has 0 aliphatic carbocycles. The fraction of sp³-hybridized carbons (Fsp3) is 0.241. The minimum atomic E-state index is -0.635. The number of aromatic nitrogens is 2. The molecule has 2 heterocycles. The molecule has 2 aromatic heterocycles. The molecule has 0 saturated heterocycles. The third-order valence-corrected chi connectivity index (χ3v) is 5.42. The molecule has 0 aliphatic rings. The summed E-state index contributed by atoms with van der Waals surface area (Å²) in [6, 6.07) is 21.5. The molecule has 0 saturated carbocycles. The molecule has 0 unspecified atom stereocenters. The van der Waals surface area contributed by atoms with E-state index < -0.39 is 11.7 Å². The number of alkyl halides is 1. The zero-order valence-electron chi connectivity index (χ0n) is 20.4. The van der Waals surface area contributed by atoms with E-state index in [0.29, 0.717) is 17.9 Å². The monoisotopic (exact) mass is 469 g/mol. The maximum Gasteiger partial charge on any atom is 0.421 e. The molecule has 0 aliphatic heterocycles.